The van der Waals surface area contributed by atoms with Gasteiger partial charge in [-0.25, -0.2) is 8.42 Å². The summed E-state index contributed by atoms with van der Waals surface area (Å²) in [6.07, 6.45) is 3.56. The number of anilines is 1. The van der Waals surface area contributed by atoms with Crippen LogP contribution in [0.4, 0.5) is 5.69 Å². The number of Topliss-reactive ketones (excluding diaryl/α,β-unsaturated/α-hetero) is 1. The maximum absolute atomic E-state index is 13.1. The molecule has 2 aliphatic heterocycles. The number of sulfonamides is 1. The predicted octanol–water partition coefficient (Wildman–Crippen LogP) is -0.566. The lowest BCUT2D eigenvalue weighted by Gasteiger charge is -2.35. The third kappa shape index (κ3) is 2.85. The zero-order chi connectivity index (χ0) is 21.7. The molecule has 30 heavy (non-hydrogen) atoms. The van der Waals surface area contributed by atoms with Gasteiger partial charge in [0.2, 0.25) is 5.78 Å². The number of benzene rings is 1. The Morgan fingerprint density at radius 2 is 1.73 bits per heavy atom. The standard InChI is InChI=1S/C20H24N5O4S/c1-14-16(19(27)25(23(14)2)15-10-6-4-7-11-15)21-22-18-17(26)20(12-8-5-9-13-20)24(3)30(18,28)29/h4,6-7,10-11H,5,8-9,12-13H2,1-3H3/q+1/p+1. The Hall–Kier alpha value is -2.72. The number of hydrazine groups is 1. The van der Waals surface area contributed by atoms with E-state index in [1.165, 1.54) is 16.4 Å². The number of para-hydroxylation sites is 1. The number of hydrazone groups is 2. The highest BCUT2D eigenvalue weighted by molar-refractivity contribution is 8.07. The molecule has 0 unspecified atom stereocenters. The normalized spacial score (nSPS) is 26.6. The molecule has 1 saturated heterocycles. The fourth-order valence-corrected chi connectivity index (χ4v) is 5.98. The minimum absolute atomic E-state index is 0.129. The first-order chi connectivity index (χ1) is 14.2. The second-order valence-corrected chi connectivity index (χ2v) is 9.74. The Balaban J connectivity index is 1.74. The van der Waals surface area contributed by atoms with E-state index in [0.29, 0.717) is 24.2 Å². The van der Waals surface area contributed by atoms with Crippen LogP contribution in [0.1, 0.15) is 39.0 Å². The van der Waals surface area contributed by atoms with Gasteiger partial charge in [-0.3, -0.25) is 9.59 Å². The Kier molecular flexibility index (Phi) is 4.94. The van der Waals surface area contributed by atoms with Gasteiger partial charge in [-0.05, 0) is 25.0 Å². The number of hydrogen-bond donors (Lipinski definition) is 1. The minimum atomic E-state index is -4.02. The van der Waals surface area contributed by atoms with Crippen LogP contribution < -0.4 is 10.1 Å². The van der Waals surface area contributed by atoms with Crippen molar-refractivity contribution in [2.24, 2.45) is 5.10 Å². The molecule has 1 aromatic rings. The summed E-state index contributed by atoms with van der Waals surface area (Å²) in [6.45, 7) is 1.73. The maximum atomic E-state index is 13.1. The zero-order valence-electron chi connectivity index (χ0n) is 17.3. The summed E-state index contributed by atoms with van der Waals surface area (Å²) >= 11 is 0. The van der Waals surface area contributed by atoms with Crippen molar-refractivity contribution < 1.29 is 27.8 Å². The quantitative estimate of drug-likeness (QED) is 0.500. The first-order valence-electron chi connectivity index (χ1n) is 9.93. The summed E-state index contributed by atoms with van der Waals surface area (Å²) in [5.74, 6) is -0.872. The second kappa shape index (κ2) is 7.21. The van der Waals surface area contributed by atoms with Gasteiger partial charge in [0.15, 0.2) is 7.05 Å². The van der Waals surface area contributed by atoms with E-state index in [2.05, 4.69) is 10.2 Å². The Labute approximate surface area is 175 Å². The highest BCUT2D eigenvalue weighted by atomic mass is 32.2. The van der Waals surface area contributed by atoms with Crippen LogP contribution in [0.25, 0.3) is 0 Å². The molecule has 1 aliphatic carbocycles. The van der Waals surface area contributed by atoms with Crippen LogP contribution in [0.3, 0.4) is 0 Å². The van der Waals surface area contributed by atoms with Gasteiger partial charge >= 0.3 is 11.6 Å². The van der Waals surface area contributed by atoms with Gasteiger partial charge in [-0.1, -0.05) is 52.3 Å². The molecule has 3 aliphatic rings. The van der Waals surface area contributed by atoms with Crippen molar-refractivity contribution in [2.45, 2.75) is 44.6 Å². The van der Waals surface area contributed by atoms with E-state index >= 15 is 0 Å². The minimum Gasteiger partial charge on any atom is -0.289 e. The van der Waals surface area contributed by atoms with E-state index < -0.39 is 26.4 Å². The van der Waals surface area contributed by atoms with E-state index in [1.54, 1.807) is 30.8 Å². The van der Waals surface area contributed by atoms with Gasteiger partial charge in [-0.2, -0.15) is 4.31 Å². The van der Waals surface area contributed by atoms with E-state index in [-0.39, 0.29) is 11.6 Å². The summed E-state index contributed by atoms with van der Waals surface area (Å²) in [5.41, 5.74) is 0.313. The van der Waals surface area contributed by atoms with Crippen LogP contribution in [-0.2, 0) is 19.6 Å². The molecule has 0 radical (unpaired) electrons. The molecule has 4 rings (SSSR count). The van der Waals surface area contributed by atoms with Gasteiger partial charge in [0.25, 0.3) is 20.8 Å². The number of hydrogen-bond acceptors (Lipinski definition) is 5. The van der Waals surface area contributed by atoms with Gasteiger partial charge in [0.05, 0.1) is 0 Å². The monoisotopic (exact) mass is 431 g/mol. The highest BCUT2D eigenvalue weighted by Gasteiger charge is 2.60. The number of nitrogens with one attached hydrogen (secondary N) is 1. The van der Waals surface area contributed by atoms with Crippen LogP contribution in [0, 0.1) is 0 Å². The average Bonchev–Trinajstić information content (AvgIpc) is 3.03. The van der Waals surface area contributed by atoms with E-state index in [1.807, 2.05) is 18.2 Å². The first-order valence-corrected chi connectivity index (χ1v) is 11.4. The average molecular weight is 432 g/mol. The summed E-state index contributed by atoms with van der Waals surface area (Å²) in [6, 6.07) is 9.08. The van der Waals surface area contributed by atoms with Crippen molar-refractivity contribution in [3.05, 3.63) is 30.3 Å². The Bertz CT molecular complexity index is 1120. The van der Waals surface area contributed by atoms with Crippen LogP contribution in [0.5, 0.6) is 0 Å². The Morgan fingerprint density at radius 3 is 2.37 bits per heavy atom. The molecule has 1 spiro atoms. The van der Waals surface area contributed by atoms with Gasteiger partial charge < -0.3 is 0 Å². The topological polar surface area (TPSA) is 104 Å². The lowest BCUT2D eigenvalue weighted by Crippen LogP contribution is -2.71. The molecule has 1 N–H and O–H groups in total. The Morgan fingerprint density at radius 1 is 1.10 bits per heavy atom. The third-order valence-electron chi connectivity index (χ3n) is 6.33. The van der Waals surface area contributed by atoms with Crippen molar-refractivity contribution in [3.8, 4) is 0 Å². The van der Waals surface area contributed by atoms with E-state index in [4.69, 9.17) is 0 Å². The lowest BCUT2D eigenvalue weighted by molar-refractivity contribution is -0.496. The SMILES string of the molecule is CC1=[N+](C)N(c2ccccc2)C(=O)C1=[NH+]N=C1C(=O)C2(CCCCC2)N(C)S1(=O)=O. The lowest BCUT2D eigenvalue weighted by atomic mass is 9.79. The molecule has 2 heterocycles. The molecular weight excluding hydrogens is 406 g/mol. The fraction of sp³-hybridized carbons (Fsp3) is 0.450. The molecular formula is C20H25N5O4S+2. The number of likely N-dealkylation sites (N-methyl/N-ethyl adjacent to an activating group) is 1. The molecule has 1 amide bonds. The van der Waals surface area contributed by atoms with E-state index in [0.717, 1.165) is 19.3 Å². The zero-order valence-corrected chi connectivity index (χ0v) is 18.1. The number of carbonyl (C=O) groups is 2. The summed E-state index contributed by atoms with van der Waals surface area (Å²) in [4.78, 5) is 26.1. The molecule has 0 atom stereocenters. The van der Waals surface area contributed by atoms with Gasteiger partial charge in [-0.15, -0.1) is 0 Å². The van der Waals surface area contributed by atoms with Crippen LogP contribution >= 0.6 is 0 Å². The van der Waals surface area contributed by atoms with Gasteiger partial charge in [0, 0.05) is 19.1 Å². The molecule has 0 aromatic heterocycles. The molecule has 9 nitrogen and oxygen atoms in total. The third-order valence-corrected chi connectivity index (χ3v) is 8.16. The predicted molar refractivity (Wildman–Crippen MR) is 112 cm³/mol. The fourth-order valence-electron chi connectivity index (χ4n) is 4.41. The molecule has 1 aromatic carbocycles. The van der Waals surface area contributed by atoms with Crippen LogP contribution in [0.2, 0.25) is 0 Å². The van der Waals surface area contributed by atoms with Gasteiger partial charge in [0.1, 0.15) is 11.2 Å². The summed E-state index contributed by atoms with van der Waals surface area (Å²) in [7, 11) is -0.850. The highest BCUT2D eigenvalue weighted by Crippen LogP contribution is 2.40. The largest absolute Gasteiger partial charge is 0.386 e. The molecule has 158 valence electrons. The number of nitrogens with zero attached hydrogens (tertiary/aromatic N) is 4. The molecule has 1 saturated carbocycles. The molecule has 2 fully saturated rings. The number of ketones is 1. The number of carbonyl (C=O) groups excluding carboxylic acids is 2. The van der Waals surface area contributed by atoms with Crippen molar-refractivity contribution in [1.82, 2.24) is 4.31 Å². The van der Waals surface area contributed by atoms with Crippen molar-refractivity contribution in [3.63, 3.8) is 0 Å². The first kappa shape index (κ1) is 20.5. The van der Waals surface area contributed by atoms with Crippen molar-refractivity contribution >= 4 is 43.9 Å². The van der Waals surface area contributed by atoms with Crippen LogP contribution in [-0.4, -0.2) is 65.2 Å². The smallest absolute Gasteiger partial charge is 0.289 e. The van der Waals surface area contributed by atoms with E-state index in [9.17, 15) is 18.0 Å². The number of rotatable bonds is 2. The van der Waals surface area contributed by atoms with Crippen molar-refractivity contribution in [1.29, 1.82) is 0 Å². The molecule has 0 bridgehead atoms. The van der Waals surface area contributed by atoms with Crippen molar-refractivity contribution in [2.75, 3.05) is 19.1 Å². The summed E-state index contributed by atoms with van der Waals surface area (Å²) < 4.78 is 28.6. The number of amides is 1. The molecule has 10 heteroatoms. The second-order valence-electron chi connectivity index (χ2n) is 7.86. The summed E-state index contributed by atoms with van der Waals surface area (Å²) in [5, 5.41) is 7.48. The van der Waals surface area contributed by atoms with Crippen LogP contribution in [0.15, 0.2) is 35.4 Å². The maximum Gasteiger partial charge on any atom is 0.386 e.